The number of rotatable bonds is 6. The second-order valence-electron chi connectivity index (χ2n) is 7.15. The summed E-state index contributed by atoms with van der Waals surface area (Å²) in [6.07, 6.45) is 3.13. The van der Waals surface area contributed by atoms with Gasteiger partial charge in [-0.05, 0) is 19.3 Å². The standard InChI is InChI=1S/C23H25NO3/c1-17(25)24-20(15-22(26)18-9-4-2-5-10-18)13-8-14-21(24)16-23(27)19-11-6-3-7-12-19/h2-7,9-12,20-21H,8,13-16H2,1H3/t20-,21+. The fourth-order valence-electron chi connectivity index (χ4n) is 3.99. The van der Waals surface area contributed by atoms with Crippen molar-refractivity contribution in [1.82, 2.24) is 4.90 Å². The lowest BCUT2D eigenvalue weighted by Gasteiger charge is -2.41. The van der Waals surface area contributed by atoms with E-state index in [4.69, 9.17) is 0 Å². The topological polar surface area (TPSA) is 54.5 Å². The fraction of sp³-hybridized carbons (Fsp3) is 0.348. The molecule has 1 fully saturated rings. The highest BCUT2D eigenvalue weighted by molar-refractivity contribution is 5.97. The number of hydrogen-bond donors (Lipinski definition) is 0. The molecule has 0 aromatic heterocycles. The van der Waals surface area contributed by atoms with Crippen LogP contribution in [-0.4, -0.2) is 34.5 Å². The van der Waals surface area contributed by atoms with Crippen LogP contribution in [0.4, 0.5) is 0 Å². The predicted molar refractivity (Wildman–Crippen MR) is 105 cm³/mol. The number of likely N-dealkylation sites (tertiary alicyclic amines) is 1. The first kappa shape index (κ1) is 19.0. The Kier molecular flexibility index (Phi) is 6.17. The van der Waals surface area contributed by atoms with Crippen LogP contribution >= 0.6 is 0 Å². The Morgan fingerprint density at radius 2 is 1.19 bits per heavy atom. The summed E-state index contributed by atoms with van der Waals surface area (Å²) >= 11 is 0. The van der Waals surface area contributed by atoms with Crippen molar-refractivity contribution in [1.29, 1.82) is 0 Å². The molecule has 27 heavy (non-hydrogen) atoms. The van der Waals surface area contributed by atoms with Gasteiger partial charge in [0, 0.05) is 43.0 Å². The quantitative estimate of drug-likeness (QED) is 0.719. The van der Waals surface area contributed by atoms with Gasteiger partial charge >= 0.3 is 0 Å². The Bertz CT molecular complexity index is 739. The highest BCUT2D eigenvalue weighted by Gasteiger charge is 2.34. The molecule has 1 aliphatic heterocycles. The Morgan fingerprint density at radius 1 is 0.778 bits per heavy atom. The number of nitrogens with zero attached hydrogens (tertiary/aromatic N) is 1. The van der Waals surface area contributed by atoms with Crippen LogP contribution in [0, 0.1) is 0 Å². The lowest BCUT2D eigenvalue weighted by Crippen LogP contribution is -2.50. The SMILES string of the molecule is CC(=O)N1[C@@H](CC(=O)c2ccccc2)CCC[C@H]1CC(=O)c1ccccc1. The zero-order chi connectivity index (χ0) is 19.2. The van der Waals surface area contributed by atoms with Crippen molar-refractivity contribution in [3.8, 4) is 0 Å². The molecule has 4 nitrogen and oxygen atoms in total. The maximum atomic E-state index is 12.6. The van der Waals surface area contributed by atoms with Gasteiger partial charge in [0.15, 0.2) is 11.6 Å². The van der Waals surface area contributed by atoms with E-state index in [9.17, 15) is 14.4 Å². The lowest BCUT2D eigenvalue weighted by molar-refractivity contribution is -0.135. The van der Waals surface area contributed by atoms with Gasteiger partial charge in [-0.2, -0.15) is 0 Å². The van der Waals surface area contributed by atoms with Crippen LogP contribution in [0.5, 0.6) is 0 Å². The molecule has 2 aromatic carbocycles. The van der Waals surface area contributed by atoms with Crippen LogP contribution < -0.4 is 0 Å². The summed E-state index contributed by atoms with van der Waals surface area (Å²) in [6.45, 7) is 1.53. The van der Waals surface area contributed by atoms with Crippen LogP contribution in [-0.2, 0) is 4.79 Å². The molecule has 1 aliphatic rings. The van der Waals surface area contributed by atoms with E-state index in [1.165, 1.54) is 6.92 Å². The predicted octanol–water partition coefficient (Wildman–Crippen LogP) is 4.30. The minimum absolute atomic E-state index is 0.0434. The number of carbonyl (C=O) groups is 3. The number of benzene rings is 2. The van der Waals surface area contributed by atoms with E-state index in [1.807, 2.05) is 36.4 Å². The van der Waals surface area contributed by atoms with Gasteiger partial charge in [0.05, 0.1) is 0 Å². The molecule has 4 heteroatoms. The van der Waals surface area contributed by atoms with Crippen molar-refractivity contribution in [3.05, 3.63) is 71.8 Å². The van der Waals surface area contributed by atoms with E-state index in [-0.39, 0.29) is 29.6 Å². The largest absolute Gasteiger partial charge is 0.336 e. The number of Topliss-reactive ketones (excluding diaryl/α,β-unsaturated/α-hetero) is 2. The van der Waals surface area contributed by atoms with E-state index in [2.05, 4.69) is 0 Å². The van der Waals surface area contributed by atoms with Gasteiger partial charge in [-0.15, -0.1) is 0 Å². The van der Waals surface area contributed by atoms with Gasteiger partial charge in [-0.3, -0.25) is 14.4 Å². The van der Waals surface area contributed by atoms with Gasteiger partial charge in [-0.1, -0.05) is 60.7 Å². The Balaban J connectivity index is 1.73. The zero-order valence-electron chi connectivity index (χ0n) is 15.6. The van der Waals surface area contributed by atoms with Crippen LogP contribution in [0.2, 0.25) is 0 Å². The molecule has 0 spiro atoms. The fourth-order valence-corrected chi connectivity index (χ4v) is 3.99. The molecule has 2 aromatic rings. The van der Waals surface area contributed by atoms with E-state index >= 15 is 0 Å². The second-order valence-corrected chi connectivity index (χ2v) is 7.15. The first-order valence-electron chi connectivity index (χ1n) is 9.51. The highest BCUT2D eigenvalue weighted by Crippen LogP contribution is 2.29. The van der Waals surface area contributed by atoms with E-state index in [0.29, 0.717) is 24.0 Å². The minimum atomic E-state index is -0.141. The summed E-state index contributed by atoms with van der Waals surface area (Å²) in [5, 5.41) is 0. The van der Waals surface area contributed by atoms with Crippen LogP contribution in [0.15, 0.2) is 60.7 Å². The van der Waals surface area contributed by atoms with Crippen LogP contribution in [0.25, 0.3) is 0 Å². The highest BCUT2D eigenvalue weighted by atomic mass is 16.2. The lowest BCUT2D eigenvalue weighted by atomic mass is 9.88. The molecule has 1 saturated heterocycles. The summed E-state index contributed by atoms with van der Waals surface area (Å²) in [6, 6.07) is 18.1. The van der Waals surface area contributed by atoms with Crippen LogP contribution in [0.3, 0.4) is 0 Å². The summed E-state index contributed by atoms with van der Waals surface area (Å²) < 4.78 is 0. The first-order chi connectivity index (χ1) is 13.1. The number of ketones is 2. The molecule has 1 heterocycles. The first-order valence-corrected chi connectivity index (χ1v) is 9.51. The molecular weight excluding hydrogens is 338 g/mol. The third kappa shape index (κ3) is 4.70. The van der Waals surface area contributed by atoms with Gasteiger partial charge < -0.3 is 4.90 Å². The summed E-state index contributed by atoms with van der Waals surface area (Å²) in [4.78, 5) is 39.4. The summed E-state index contributed by atoms with van der Waals surface area (Å²) in [5.74, 6) is 0.0233. The molecular formula is C23H25NO3. The summed E-state index contributed by atoms with van der Waals surface area (Å²) in [7, 11) is 0. The van der Waals surface area contributed by atoms with E-state index in [1.54, 1.807) is 29.2 Å². The summed E-state index contributed by atoms with van der Waals surface area (Å²) in [5.41, 5.74) is 1.34. The normalized spacial score (nSPS) is 19.5. The monoisotopic (exact) mass is 363 g/mol. The van der Waals surface area contributed by atoms with Gasteiger partial charge in [0.2, 0.25) is 5.91 Å². The van der Waals surface area contributed by atoms with Gasteiger partial charge in [0.1, 0.15) is 0 Å². The molecule has 3 rings (SSSR count). The molecule has 0 aliphatic carbocycles. The van der Waals surface area contributed by atoms with Crippen molar-refractivity contribution in [2.75, 3.05) is 0 Å². The van der Waals surface area contributed by atoms with E-state index in [0.717, 1.165) is 19.3 Å². The second kappa shape index (κ2) is 8.76. The smallest absolute Gasteiger partial charge is 0.219 e. The molecule has 0 unspecified atom stereocenters. The average molecular weight is 363 g/mol. The molecule has 0 saturated carbocycles. The maximum Gasteiger partial charge on any atom is 0.219 e. The minimum Gasteiger partial charge on any atom is -0.336 e. The van der Waals surface area contributed by atoms with Crippen molar-refractivity contribution < 1.29 is 14.4 Å². The Labute approximate surface area is 160 Å². The van der Waals surface area contributed by atoms with Gasteiger partial charge in [-0.25, -0.2) is 0 Å². The van der Waals surface area contributed by atoms with Crippen LogP contribution in [0.1, 0.15) is 59.7 Å². The van der Waals surface area contributed by atoms with Crippen molar-refractivity contribution in [2.24, 2.45) is 0 Å². The molecule has 1 amide bonds. The zero-order valence-corrected chi connectivity index (χ0v) is 15.6. The molecule has 0 radical (unpaired) electrons. The molecule has 2 atom stereocenters. The number of piperidine rings is 1. The molecule has 0 N–H and O–H groups in total. The third-order valence-corrected chi connectivity index (χ3v) is 5.26. The number of carbonyl (C=O) groups excluding carboxylic acids is 3. The van der Waals surface area contributed by atoms with Crippen molar-refractivity contribution in [2.45, 2.75) is 51.1 Å². The third-order valence-electron chi connectivity index (χ3n) is 5.26. The molecule has 140 valence electrons. The number of hydrogen-bond acceptors (Lipinski definition) is 3. The Hall–Kier alpha value is -2.75. The number of amides is 1. The molecule has 0 bridgehead atoms. The van der Waals surface area contributed by atoms with E-state index < -0.39 is 0 Å². The Morgan fingerprint density at radius 3 is 1.56 bits per heavy atom. The maximum absolute atomic E-state index is 12.6. The van der Waals surface area contributed by atoms with Crippen molar-refractivity contribution in [3.63, 3.8) is 0 Å². The van der Waals surface area contributed by atoms with Crippen molar-refractivity contribution >= 4 is 17.5 Å². The average Bonchev–Trinajstić information content (AvgIpc) is 2.69. The van der Waals surface area contributed by atoms with Gasteiger partial charge in [0.25, 0.3) is 0 Å².